The molecule has 2 heterocycles. The Hall–Kier alpha value is -3.13. The first-order valence-electron chi connectivity index (χ1n) is 11.0. The smallest absolute Gasteiger partial charge is 0.292 e. The Balaban J connectivity index is 1.38. The summed E-state index contributed by atoms with van der Waals surface area (Å²) in [4.78, 5) is 50.7. The van der Waals surface area contributed by atoms with Gasteiger partial charge < -0.3 is 20.9 Å². The molecule has 1 aliphatic heterocycles. The first kappa shape index (κ1) is 21.7. The third-order valence-corrected chi connectivity index (χ3v) is 7.83. The highest BCUT2D eigenvalue weighted by Gasteiger charge is 2.71. The molecular formula is C24H25ClN4O4. The van der Waals surface area contributed by atoms with Gasteiger partial charge in [0.05, 0.1) is 11.0 Å². The average molecular weight is 469 g/mol. The number of aryl methyl sites for hydroxylation is 1. The lowest BCUT2D eigenvalue weighted by atomic mass is 9.39. The van der Waals surface area contributed by atoms with Crippen molar-refractivity contribution in [1.29, 1.82) is 0 Å². The van der Waals surface area contributed by atoms with E-state index in [0.29, 0.717) is 65.5 Å². The van der Waals surface area contributed by atoms with Gasteiger partial charge in [0.25, 0.3) is 17.6 Å². The molecule has 2 bridgehead atoms. The summed E-state index contributed by atoms with van der Waals surface area (Å²) in [6.45, 7) is 4.18. The number of nitrogens with zero attached hydrogens (tertiary/aromatic N) is 1. The number of anilines is 1. The average Bonchev–Trinajstić information content (AvgIpc) is 3.24. The topological polar surface area (TPSA) is 123 Å². The van der Waals surface area contributed by atoms with Gasteiger partial charge in [-0.1, -0.05) is 17.7 Å². The van der Waals surface area contributed by atoms with Crippen molar-refractivity contribution >= 4 is 40.8 Å². The van der Waals surface area contributed by atoms with E-state index in [2.05, 4.69) is 10.6 Å². The second-order valence-corrected chi connectivity index (χ2v) is 10.1. The molecular weight excluding hydrogens is 444 g/mol. The van der Waals surface area contributed by atoms with Gasteiger partial charge in [-0.2, -0.15) is 0 Å². The molecule has 4 N–H and O–H groups in total. The van der Waals surface area contributed by atoms with Crippen molar-refractivity contribution in [1.82, 2.24) is 9.88 Å². The highest BCUT2D eigenvalue weighted by Crippen LogP contribution is 2.67. The van der Waals surface area contributed by atoms with Crippen LogP contribution in [0.25, 0.3) is 0 Å². The van der Waals surface area contributed by atoms with E-state index < -0.39 is 22.6 Å². The minimum Gasteiger partial charge on any atom is -0.369 e. The standard InChI is InChI=1S/C24H25ClN4O4/c1-12-5-6-14(8-15(12)25)27-20(31)18-13(2)17(16-4-3-7-29(16)18)19(30)21(32)28-24-9-23(10-24,11-24)22(26)33/h5-6,8H,3-4,7,9-11H2,1-2H3,(H2,26,33)(H,27,31)(H,28,32). The Morgan fingerprint density at radius 1 is 1.12 bits per heavy atom. The van der Waals surface area contributed by atoms with Crippen LogP contribution in [0.1, 0.15) is 63.4 Å². The van der Waals surface area contributed by atoms with E-state index in [1.165, 1.54) is 0 Å². The van der Waals surface area contributed by atoms with Crippen molar-refractivity contribution in [3.05, 3.63) is 51.3 Å². The van der Waals surface area contributed by atoms with Crippen LogP contribution in [0.2, 0.25) is 5.02 Å². The number of fused-ring (bicyclic) bond motifs is 1. The third kappa shape index (κ3) is 3.19. The van der Waals surface area contributed by atoms with E-state index in [1.54, 1.807) is 19.1 Å². The Labute approximate surface area is 195 Å². The zero-order valence-corrected chi connectivity index (χ0v) is 19.3. The maximum Gasteiger partial charge on any atom is 0.292 e. The van der Waals surface area contributed by atoms with Gasteiger partial charge in [0.1, 0.15) is 5.69 Å². The summed E-state index contributed by atoms with van der Waals surface area (Å²) in [5, 5.41) is 6.23. The molecule has 8 nitrogen and oxygen atoms in total. The molecule has 0 unspecified atom stereocenters. The lowest BCUT2D eigenvalue weighted by Gasteiger charge is -2.68. The summed E-state index contributed by atoms with van der Waals surface area (Å²) in [7, 11) is 0. The van der Waals surface area contributed by atoms with Gasteiger partial charge in [0, 0.05) is 28.5 Å². The fourth-order valence-corrected chi connectivity index (χ4v) is 5.95. The van der Waals surface area contributed by atoms with Gasteiger partial charge >= 0.3 is 0 Å². The van der Waals surface area contributed by atoms with Crippen LogP contribution < -0.4 is 16.4 Å². The van der Waals surface area contributed by atoms with Crippen molar-refractivity contribution in [2.75, 3.05) is 5.32 Å². The Morgan fingerprint density at radius 3 is 2.45 bits per heavy atom. The Bertz CT molecular complexity index is 1240. The van der Waals surface area contributed by atoms with E-state index >= 15 is 0 Å². The molecule has 0 atom stereocenters. The molecule has 6 rings (SSSR count). The Kier molecular flexibility index (Phi) is 4.72. The molecule has 33 heavy (non-hydrogen) atoms. The predicted octanol–water partition coefficient (Wildman–Crippen LogP) is 2.66. The van der Waals surface area contributed by atoms with E-state index in [1.807, 2.05) is 17.6 Å². The molecule has 2 aromatic rings. The van der Waals surface area contributed by atoms with Gasteiger partial charge in [-0.15, -0.1) is 0 Å². The third-order valence-electron chi connectivity index (χ3n) is 7.42. The van der Waals surface area contributed by atoms with Crippen LogP contribution in [0.15, 0.2) is 18.2 Å². The molecule has 4 aliphatic rings. The lowest BCUT2D eigenvalue weighted by molar-refractivity contribution is -0.179. The van der Waals surface area contributed by atoms with Crippen molar-refractivity contribution in [3.63, 3.8) is 0 Å². The number of halogens is 1. The maximum atomic E-state index is 13.2. The van der Waals surface area contributed by atoms with Gasteiger partial charge in [0.15, 0.2) is 0 Å². The van der Waals surface area contributed by atoms with Crippen molar-refractivity contribution < 1.29 is 19.2 Å². The van der Waals surface area contributed by atoms with Crippen LogP contribution in [0.4, 0.5) is 5.69 Å². The maximum absolute atomic E-state index is 13.2. The molecule has 0 spiro atoms. The molecule has 0 saturated heterocycles. The van der Waals surface area contributed by atoms with Crippen molar-refractivity contribution in [2.45, 2.75) is 58.0 Å². The summed E-state index contributed by atoms with van der Waals surface area (Å²) >= 11 is 6.18. The summed E-state index contributed by atoms with van der Waals surface area (Å²) in [6.07, 6.45) is 2.85. The normalized spacial score (nSPS) is 24.3. The van der Waals surface area contributed by atoms with Gasteiger partial charge in [-0.25, -0.2) is 0 Å². The number of nitrogens with two attached hydrogens (primary N) is 1. The summed E-state index contributed by atoms with van der Waals surface area (Å²) in [5.74, 6) is -2.05. The molecule has 3 saturated carbocycles. The van der Waals surface area contributed by atoms with Crippen LogP contribution in [0.5, 0.6) is 0 Å². The van der Waals surface area contributed by atoms with Crippen LogP contribution in [0.3, 0.4) is 0 Å². The second-order valence-electron chi connectivity index (χ2n) is 9.71. The van der Waals surface area contributed by atoms with Crippen LogP contribution >= 0.6 is 11.6 Å². The number of primary amides is 1. The minimum atomic E-state index is -0.701. The van der Waals surface area contributed by atoms with E-state index in [-0.39, 0.29) is 11.8 Å². The van der Waals surface area contributed by atoms with Crippen molar-refractivity contribution in [2.24, 2.45) is 11.1 Å². The zero-order chi connectivity index (χ0) is 23.7. The number of hydrogen-bond donors (Lipinski definition) is 3. The van der Waals surface area contributed by atoms with Crippen LogP contribution in [-0.4, -0.2) is 33.6 Å². The number of amides is 3. The lowest BCUT2D eigenvalue weighted by Crippen LogP contribution is -2.78. The SMILES string of the molecule is Cc1ccc(NC(=O)c2c(C)c(C(=O)C(=O)NC34CC(C(N)=O)(C3)C4)c3n2CCC3)cc1Cl. The van der Waals surface area contributed by atoms with Gasteiger partial charge in [-0.05, 0) is 69.2 Å². The summed E-state index contributed by atoms with van der Waals surface area (Å²) in [5.41, 5.74) is 7.74. The molecule has 9 heteroatoms. The largest absolute Gasteiger partial charge is 0.369 e. The number of nitrogens with one attached hydrogen (secondary N) is 2. The number of aromatic nitrogens is 1. The number of Topliss-reactive ketones (excluding diaryl/α,β-unsaturated/α-hetero) is 1. The van der Waals surface area contributed by atoms with Gasteiger partial charge in [0.2, 0.25) is 5.91 Å². The molecule has 1 aromatic carbocycles. The number of benzene rings is 1. The fraction of sp³-hybridized carbons (Fsp3) is 0.417. The predicted molar refractivity (Wildman–Crippen MR) is 122 cm³/mol. The van der Waals surface area contributed by atoms with Crippen LogP contribution in [0, 0.1) is 19.3 Å². The zero-order valence-electron chi connectivity index (χ0n) is 18.5. The number of carbonyl (C=O) groups excluding carboxylic acids is 4. The molecule has 3 amide bonds. The summed E-state index contributed by atoms with van der Waals surface area (Å²) < 4.78 is 1.84. The second kappa shape index (κ2) is 7.18. The quantitative estimate of drug-likeness (QED) is 0.445. The molecule has 3 aliphatic carbocycles. The molecule has 1 aromatic heterocycles. The van der Waals surface area contributed by atoms with E-state index in [0.717, 1.165) is 12.0 Å². The molecule has 172 valence electrons. The first-order valence-corrected chi connectivity index (χ1v) is 11.4. The Morgan fingerprint density at radius 2 is 1.82 bits per heavy atom. The van der Waals surface area contributed by atoms with Gasteiger partial charge in [-0.3, -0.25) is 19.2 Å². The summed E-state index contributed by atoms with van der Waals surface area (Å²) in [6, 6.07) is 5.27. The van der Waals surface area contributed by atoms with E-state index in [9.17, 15) is 19.2 Å². The number of hydrogen-bond acceptors (Lipinski definition) is 4. The van der Waals surface area contributed by atoms with Crippen LogP contribution in [-0.2, 0) is 22.6 Å². The monoisotopic (exact) mass is 468 g/mol. The first-order chi connectivity index (χ1) is 15.6. The number of rotatable bonds is 6. The highest BCUT2D eigenvalue weighted by molar-refractivity contribution is 6.44. The minimum absolute atomic E-state index is 0.299. The van der Waals surface area contributed by atoms with Crippen molar-refractivity contribution in [3.8, 4) is 0 Å². The fourth-order valence-electron chi connectivity index (χ4n) is 5.77. The number of ketones is 1. The van der Waals surface area contributed by atoms with E-state index in [4.69, 9.17) is 17.3 Å². The highest BCUT2D eigenvalue weighted by atomic mass is 35.5. The number of carbonyl (C=O) groups is 4. The molecule has 0 radical (unpaired) electrons. The molecule has 3 fully saturated rings.